The highest BCUT2D eigenvalue weighted by Crippen LogP contribution is 2.37. The van der Waals surface area contributed by atoms with Gasteiger partial charge in [-0.2, -0.15) is 0 Å². The van der Waals surface area contributed by atoms with E-state index in [1.807, 2.05) is 6.92 Å². The van der Waals surface area contributed by atoms with Crippen molar-refractivity contribution in [2.45, 2.75) is 19.4 Å². The van der Waals surface area contributed by atoms with E-state index in [0.29, 0.717) is 28.0 Å². The lowest BCUT2D eigenvalue weighted by atomic mass is 10.1. The van der Waals surface area contributed by atoms with Crippen LogP contribution in [0.2, 0.25) is 0 Å². The number of rotatable bonds is 4. The number of ether oxygens (including phenoxy) is 2. The Balaban J connectivity index is 3.34. The number of hydrogen-bond donors (Lipinski definition) is 1. The summed E-state index contributed by atoms with van der Waals surface area (Å²) < 4.78 is 24.5. The van der Waals surface area contributed by atoms with Crippen LogP contribution in [0.1, 0.15) is 12.5 Å². The van der Waals surface area contributed by atoms with Crippen molar-refractivity contribution in [1.82, 2.24) is 0 Å². The van der Waals surface area contributed by atoms with Crippen LogP contribution in [-0.4, -0.2) is 20.3 Å². The second-order valence-corrected chi connectivity index (χ2v) is 4.42. The maximum atomic E-state index is 13.9. The molecule has 0 fully saturated rings. The third-order valence-corrected chi connectivity index (χ3v) is 2.76. The van der Waals surface area contributed by atoms with E-state index < -0.39 is 0 Å². The Kier molecular flexibility index (Phi) is 4.56. The van der Waals surface area contributed by atoms with Crippen molar-refractivity contribution in [2.24, 2.45) is 5.73 Å². The van der Waals surface area contributed by atoms with Crippen LogP contribution in [-0.2, 0) is 6.42 Å². The second kappa shape index (κ2) is 5.50. The van der Waals surface area contributed by atoms with Crippen LogP contribution in [0.15, 0.2) is 10.5 Å². The van der Waals surface area contributed by atoms with Crippen molar-refractivity contribution in [2.75, 3.05) is 14.2 Å². The monoisotopic (exact) mass is 291 g/mol. The summed E-state index contributed by atoms with van der Waals surface area (Å²) in [5.74, 6) is 0.543. The van der Waals surface area contributed by atoms with Gasteiger partial charge < -0.3 is 15.2 Å². The van der Waals surface area contributed by atoms with Crippen LogP contribution in [0.3, 0.4) is 0 Å². The van der Waals surface area contributed by atoms with Gasteiger partial charge in [-0.05, 0) is 29.3 Å². The molecule has 0 aliphatic rings. The molecule has 1 aromatic rings. The molecule has 0 saturated heterocycles. The predicted octanol–water partition coefficient (Wildman–Crippen LogP) is 2.50. The van der Waals surface area contributed by atoms with Gasteiger partial charge in [-0.25, -0.2) is 4.39 Å². The summed E-state index contributed by atoms with van der Waals surface area (Å²) in [5, 5.41) is 0. The van der Waals surface area contributed by atoms with Crippen LogP contribution in [0, 0.1) is 5.82 Å². The molecule has 0 saturated carbocycles. The Bertz CT molecular complexity index is 383. The fourth-order valence-electron chi connectivity index (χ4n) is 1.52. The lowest BCUT2D eigenvalue weighted by Crippen LogP contribution is -2.19. The zero-order valence-corrected chi connectivity index (χ0v) is 11.1. The minimum Gasteiger partial charge on any atom is -0.493 e. The molecule has 1 unspecified atom stereocenters. The molecule has 1 aromatic carbocycles. The first-order valence-corrected chi connectivity index (χ1v) is 5.65. The summed E-state index contributed by atoms with van der Waals surface area (Å²) >= 11 is 3.14. The van der Waals surface area contributed by atoms with Gasteiger partial charge in [-0.3, -0.25) is 0 Å². The van der Waals surface area contributed by atoms with Gasteiger partial charge in [0, 0.05) is 17.7 Å². The molecule has 0 amide bonds. The van der Waals surface area contributed by atoms with Gasteiger partial charge in [0.05, 0.1) is 18.7 Å². The number of halogens is 2. The molecule has 5 heteroatoms. The third kappa shape index (κ3) is 2.65. The van der Waals surface area contributed by atoms with E-state index in [2.05, 4.69) is 15.9 Å². The molecule has 2 N–H and O–H groups in total. The maximum absolute atomic E-state index is 13.9. The highest BCUT2D eigenvalue weighted by molar-refractivity contribution is 9.10. The van der Waals surface area contributed by atoms with Gasteiger partial charge in [0.25, 0.3) is 0 Å². The molecule has 3 nitrogen and oxygen atoms in total. The molecule has 0 radical (unpaired) electrons. The summed E-state index contributed by atoms with van der Waals surface area (Å²) in [6.07, 6.45) is 0.394. The van der Waals surface area contributed by atoms with Gasteiger partial charge in [0.2, 0.25) is 0 Å². The van der Waals surface area contributed by atoms with E-state index >= 15 is 0 Å². The van der Waals surface area contributed by atoms with Gasteiger partial charge in [0.15, 0.2) is 11.5 Å². The topological polar surface area (TPSA) is 44.5 Å². The van der Waals surface area contributed by atoms with Crippen molar-refractivity contribution in [3.63, 3.8) is 0 Å². The average Bonchev–Trinajstić information content (AvgIpc) is 2.23. The SMILES string of the molecule is COc1cc(Br)c(F)c(CC(C)N)c1OC. The molecular weight excluding hydrogens is 277 g/mol. The Morgan fingerprint density at radius 3 is 2.50 bits per heavy atom. The molecule has 0 aromatic heterocycles. The first kappa shape index (κ1) is 13.3. The van der Waals surface area contributed by atoms with Crippen molar-refractivity contribution < 1.29 is 13.9 Å². The lowest BCUT2D eigenvalue weighted by molar-refractivity contribution is 0.346. The second-order valence-electron chi connectivity index (χ2n) is 3.57. The summed E-state index contributed by atoms with van der Waals surface area (Å²) in [5.41, 5.74) is 6.11. The lowest BCUT2D eigenvalue weighted by Gasteiger charge is -2.16. The fraction of sp³-hybridized carbons (Fsp3) is 0.455. The van der Waals surface area contributed by atoms with E-state index in [9.17, 15) is 4.39 Å². The zero-order valence-electron chi connectivity index (χ0n) is 9.51. The Labute approximate surface area is 103 Å². The van der Waals surface area contributed by atoms with Crippen molar-refractivity contribution in [3.8, 4) is 11.5 Å². The number of benzene rings is 1. The minimum absolute atomic E-state index is 0.151. The molecule has 90 valence electrons. The Morgan fingerprint density at radius 2 is 2.06 bits per heavy atom. The number of nitrogens with two attached hydrogens (primary N) is 1. The Hall–Kier alpha value is -0.810. The van der Waals surface area contributed by atoms with Crippen LogP contribution in [0.4, 0.5) is 4.39 Å². The minimum atomic E-state index is -0.352. The van der Waals surface area contributed by atoms with E-state index in [0.717, 1.165) is 0 Å². The smallest absolute Gasteiger partial charge is 0.166 e. The van der Waals surface area contributed by atoms with Gasteiger partial charge in [-0.15, -0.1) is 0 Å². The Morgan fingerprint density at radius 1 is 1.44 bits per heavy atom. The normalized spacial score (nSPS) is 12.4. The van der Waals surface area contributed by atoms with Gasteiger partial charge in [0.1, 0.15) is 5.82 Å². The number of hydrogen-bond acceptors (Lipinski definition) is 3. The zero-order chi connectivity index (χ0) is 12.3. The highest BCUT2D eigenvalue weighted by Gasteiger charge is 2.19. The molecule has 1 atom stereocenters. The highest BCUT2D eigenvalue weighted by atomic mass is 79.9. The summed E-state index contributed by atoms with van der Waals surface area (Å²) in [6, 6.07) is 1.39. The molecular formula is C11H15BrFNO2. The van der Waals surface area contributed by atoms with Crippen LogP contribution in [0.5, 0.6) is 11.5 Å². The van der Waals surface area contributed by atoms with Gasteiger partial charge in [-0.1, -0.05) is 0 Å². The summed E-state index contributed by atoms with van der Waals surface area (Å²) in [7, 11) is 2.99. The molecule has 0 spiro atoms. The first-order valence-electron chi connectivity index (χ1n) is 4.85. The van der Waals surface area contributed by atoms with Crippen LogP contribution in [0.25, 0.3) is 0 Å². The van der Waals surface area contributed by atoms with E-state index in [1.165, 1.54) is 14.2 Å². The molecule has 0 aliphatic heterocycles. The van der Waals surface area contributed by atoms with Crippen molar-refractivity contribution in [1.29, 1.82) is 0 Å². The van der Waals surface area contributed by atoms with Gasteiger partial charge >= 0.3 is 0 Å². The number of methoxy groups -OCH3 is 2. The largest absolute Gasteiger partial charge is 0.493 e. The van der Waals surface area contributed by atoms with Crippen LogP contribution < -0.4 is 15.2 Å². The first-order chi connectivity index (χ1) is 7.51. The van der Waals surface area contributed by atoms with Crippen molar-refractivity contribution in [3.05, 3.63) is 21.9 Å². The standard InChI is InChI=1S/C11H15BrFNO2/c1-6(14)4-7-10(13)8(12)5-9(15-2)11(7)16-3/h5-6H,4,14H2,1-3H3. The predicted molar refractivity (Wildman–Crippen MR) is 64.6 cm³/mol. The van der Waals surface area contributed by atoms with Crippen LogP contribution >= 0.6 is 15.9 Å². The molecule has 1 rings (SSSR count). The van der Waals surface area contributed by atoms with Crippen molar-refractivity contribution >= 4 is 15.9 Å². The third-order valence-electron chi connectivity index (χ3n) is 2.18. The molecule has 16 heavy (non-hydrogen) atoms. The average molecular weight is 292 g/mol. The fourth-order valence-corrected chi connectivity index (χ4v) is 1.96. The molecule has 0 heterocycles. The molecule has 0 aliphatic carbocycles. The van der Waals surface area contributed by atoms with E-state index in [1.54, 1.807) is 6.07 Å². The molecule has 0 bridgehead atoms. The summed E-state index contributed by atoms with van der Waals surface area (Å²) in [6.45, 7) is 1.81. The van der Waals surface area contributed by atoms with E-state index in [-0.39, 0.29) is 11.9 Å². The van der Waals surface area contributed by atoms with E-state index in [4.69, 9.17) is 15.2 Å². The quantitative estimate of drug-likeness (QED) is 0.927. The maximum Gasteiger partial charge on any atom is 0.166 e. The summed E-state index contributed by atoms with van der Waals surface area (Å²) in [4.78, 5) is 0.